The lowest BCUT2D eigenvalue weighted by Gasteiger charge is -2.24. The summed E-state index contributed by atoms with van der Waals surface area (Å²) in [5, 5.41) is 3.06. The van der Waals surface area contributed by atoms with Crippen molar-refractivity contribution < 1.29 is 4.79 Å². The zero-order chi connectivity index (χ0) is 12.8. The van der Waals surface area contributed by atoms with E-state index < -0.39 is 0 Å². The minimum Gasteiger partial charge on any atom is -0.349 e. The van der Waals surface area contributed by atoms with Gasteiger partial charge in [0.05, 0.1) is 6.04 Å². The summed E-state index contributed by atoms with van der Waals surface area (Å²) in [5.41, 5.74) is 6.64. The molecule has 0 saturated carbocycles. The Hall–Kier alpha value is -1.35. The number of carbonyl (C=O) groups excluding carboxylic acids is 1. The third kappa shape index (κ3) is 3.86. The summed E-state index contributed by atoms with van der Waals surface area (Å²) in [6, 6.07) is 10.1. The minimum absolute atomic E-state index is 0.0232. The average molecular weight is 234 g/mol. The first-order chi connectivity index (χ1) is 8.06. The van der Waals surface area contributed by atoms with Crippen LogP contribution in [0.2, 0.25) is 0 Å². The Labute approximate surface area is 103 Å². The van der Waals surface area contributed by atoms with Crippen LogP contribution in [0, 0.1) is 11.8 Å². The second-order valence-corrected chi connectivity index (χ2v) is 4.78. The van der Waals surface area contributed by atoms with E-state index in [0.29, 0.717) is 12.5 Å². The van der Waals surface area contributed by atoms with E-state index in [1.54, 1.807) is 0 Å². The van der Waals surface area contributed by atoms with Crippen LogP contribution in [0.15, 0.2) is 30.3 Å². The van der Waals surface area contributed by atoms with E-state index in [2.05, 4.69) is 19.2 Å². The molecule has 94 valence electrons. The van der Waals surface area contributed by atoms with E-state index in [0.717, 1.165) is 5.56 Å². The van der Waals surface area contributed by atoms with E-state index in [1.165, 1.54) is 0 Å². The third-order valence-electron chi connectivity index (χ3n) is 2.92. The fourth-order valence-electron chi connectivity index (χ4n) is 1.70. The molecule has 3 heteroatoms. The van der Waals surface area contributed by atoms with Crippen molar-refractivity contribution in [1.82, 2.24) is 5.32 Å². The van der Waals surface area contributed by atoms with Gasteiger partial charge in [-0.15, -0.1) is 0 Å². The highest BCUT2D eigenvalue weighted by molar-refractivity contribution is 5.79. The maximum absolute atomic E-state index is 11.9. The molecule has 1 amide bonds. The molecule has 0 aliphatic carbocycles. The van der Waals surface area contributed by atoms with E-state index in [4.69, 9.17) is 5.73 Å². The van der Waals surface area contributed by atoms with Crippen molar-refractivity contribution in [2.24, 2.45) is 17.6 Å². The van der Waals surface area contributed by atoms with Gasteiger partial charge in [0, 0.05) is 12.5 Å². The fraction of sp³-hybridized carbons (Fsp3) is 0.500. The second kappa shape index (κ2) is 6.40. The standard InChI is InChI=1S/C14H22N2O/c1-10(2)13(12-7-5-4-6-8-12)16-14(17)11(3)9-15/h4-8,10-11,13H,9,15H2,1-3H3,(H,16,17). The number of amides is 1. The molecule has 0 spiro atoms. The van der Waals surface area contributed by atoms with Crippen LogP contribution in [0.4, 0.5) is 0 Å². The quantitative estimate of drug-likeness (QED) is 0.819. The maximum atomic E-state index is 11.9. The molecule has 0 bridgehead atoms. The van der Waals surface area contributed by atoms with Gasteiger partial charge in [-0.3, -0.25) is 4.79 Å². The number of nitrogens with one attached hydrogen (secondary N) is 1. The highest BCUT2D eigenvalue weighted by Gasteiger charge is 2.20. The van der Waals surface area contributed by atoms with E-state index in [-0.39, 0.29) is 17.9 Å². The lowest BCUT2D eigenvalue weighted by molar-refractivity contribution is -0.125. The van der Waals surface area contributed by atoms with Gasteiger partial charge in [0.2, 0.25) is 5.91 Å². The van der Waals surface area contributed by atoms with Crippen LogP contribution in [0.1, 0.15) is 32.4 Å². The highest BCUT2D eigenvalue weighted by Crippen LogP contribution is 2.21. The lowest BCUT2D eigenvalue weighted by atomic mass is 9.95. The van der Waals surface area contributed by atoms with Crippen LogP contribution >= 0.6 is 0 Å². The summed E-state index contributed by atoms with van der Waals surface area (Å²) in [4.78, 5) is 11.9. The molecule has 2 atom stereocenters. The van der Waals surface area contributed by atoms with Crippen LogP contribution in [-0.4, -0.2) is 12.5 Å². The Bertz CT molecular complexity index is 348. The van der Waals surface area contributed by atoms with Gasteiger partial charge >= 0.3 is 0 Å². The number of hydrogen-bond donors (Lipinski definition) is 2. The summed E-state index contributed by atoms with van der Waals surface area (Å²) in [5.74, 6) is 0.237. The molecule has 0 aliphatic heterocycles. The molecule has 1 aromatic rings. The van der Waals surface area contributed by atoms with Crippen LogP contribution in [0.25, 0.3) is 0 Å². The zero-order valence-corrected chi connectivity index (χ0v) is 10.8. The van der Waals surface area contributed by atoms with Crippen molar-refractivity contribution >= 4 is 5.91 Å². The largest absolute Gasteiger partial charge is 0.349 e. The SMILES string of the molecule is CC(CN)C(=O)NC(c1ccccc1)C(C)C. The molecule has 0 fully saturated rings. The monoisotopic (exact) mass is 234 g/mol. The Morgan fingerprint density at radius 2 is 1.82 bits per heavy atom. The Balaban J connectivity index is 2.78. The number of nitrogens with two attached hydrogens (primary N) is 1. The van der Waals surface area contributed by atoms with Crippen molar-refractivity contribution in [3.8, 4) is 0 Å². The molecule has 2 unspecified atom stereocenters. The van der Waals surface area contributed by atoms with Gasteiger partial charge in [0.15, 0.2) is 0 Å². The van der Waals surface area contributed by atoms with E-state index >= 15 is 0 Å². The van der Waals surface area contributed by atoms with E-state index in [1.807, 2.05) is 37.3 Å². The Morgan fingerprint density at radius 1 is 1.24 bits per heavy atom. The Kier molecular flexibility index (Phi) is 5.16. The summed E-state index contributed by atoms with van der Waals surface area (Å²) in [6.07, 6.45) is 0. The zero-order valence-electron chi connectivity index (χ0n) is 10.8. The van der Waals surface area contributed by atoms with Crippen molar-refractivity contribution in [3.05, 3.63) is 35.9 Å². The minimum atomic E-state index is -0.139. The number of benzene rings is 1. The topological polar surface area (TPSA) is 55.1 Å². The van der Waals surface area contributed by atoms with Crippen LogP contribution in [0.3, 0.4) is 0 Å². The van der Waals surface area contributed by atoms with Gasteiger partial charge in [0.1, 0.15) is 0 Å². The molecule has 1 rings (SSSR count). The first-order valence-corrected chi connectivity index (χ1v) is 6.11. The van der Waals surface area contributed by atoms with Gasteiger partial charge in [-0.05, 0) is 11.5 Å². The lowest BCUT2D eigenvalue weighted by Crippen LogP contribution is -2.37. The molecule has 0 aromatic heterocycles. The smallest absolute Gasteiger partial charge is 0.224 e. The number of carbonyl (C=O) groups is 1. The van der Waals surface area contributed by atoms with Crippen molar-refractivity contribution in [2.45, 2.75) is 26.8 Å². The fourth-order valence-corrected chi connectivity index (χ4v) is 1.70. The molecular formula is C14H22N2O. The molecule has 1 aromatic carbocycles. The van der Waals surface area contributed by atoms with Gasteiger partial charge in [-0.25, -0.2) is 0 Å². The molecule has 0 heterocycles. The molecule has 0 aliphatic rings. The van der Waals surface area contributed by atoms with Crippen molar-refractivity contribution in [1.29, 1.82) is 0 Å². The normalized spacial score (nSPS) is 14.4. The summed E-state index contributed by atoms with van der Waals surface area (Å²) < 4.78 is 0. The first-order valence-electron chi connectivity index (χ1n) is 6.11. The molecule has 3 nitrogen and oxygen atoms in total. The molecule has 0 saturated heterocycles. The predicted octanol–water partition coefficient (Wildman–Crippen LogP) is 2.09. The van der Waals surface area contributed by atoms with Gasteiger partial charge < -0.3 is 11.1 Å². The van der Waals surface area contributed by atoms with E-state index in [9.17, 15) is 4.79 Å². The van der Waals surface area contributed by atoms with Gasteiger partial charge in [0.25, 0.3) is 0 Å². The van der Waals surface area contributed by atoms with Crippen molar-refractivity contribution in [2.75, 3.05) is 6.54 Å². The first kappa shape index (κ1) is 13.7. The molecule has 17 heavy (non-hydrogen) atoms. The number of rotatable bonds is 5. The van der Waals surface area contributed by atoms with Crippen LogP contribution in [-0.2, 0) is 4.79 Å². The van der Waals surface area contributed by atoms with Crippen LogP contribution in [0.5, 0.6) is 0 Å². The summed E-state index contributed by atoms with van der Waals surface area (Å²) >= 11 is 0. The Morgan fingerprint density at radius 3 is 2.29 bits per heavy atom. The van der Waals surface area contributed by atoms with Gasteiger partial charge in [-0.2, -0.15) is 0 Å². The average Bonchev–Trinajstić information content (AvgIpc) is 2.35. The molecule has 0 radical (unpaired) electrons. The predicted molar refractivity (Wildman–Crippen MR) is 70.4 cm³/mol. The highest BCUT2D eigenvalue weighted by atomic mass is 16.1. The summed E-state index contributed by atoms with van der Waals surface area (Å²) in [7, 11) is 0. The van der Waals surface area contributed by atoms with Crippen molar-refractivity contribution in [3.63, 3.8) is 0 Å². The second-order valence-electron chi connectivity index (χ2n) is 4.78. The number of hydrogen-bond acceptors (Lipinski definition) is 2. The molecule has 3 N–H and O–H groups in total. The summed E-state index contributed by atoms with van der Waals surface area (Å²) in [6.45, 7) is 6.43. The molecular weight excluding hydrogens is 212 g/mol. The maximum Gasteiger partial charge on any atom is 0.224 e. The van der Waals surface area contributed by atoms with Gasteiger partial charge in [-0.1, -0.05) is 51.1 Å². The van der Waals surface area contributed by atoms with Crippen LogP contribution < -0.4 is 11.1 Å². The third-order valence-corrected chi connectivity index (χ3v) is 2.92.